The van der Waals surface area contributed by atoms with Crippen molar-refractivity contribution < 1.29 is 14.2 Å². The molecule has 0 bridgehead atoms. The van der Waals surface area contributed by atoms with Gasteiger partial charge in [-0.15, -0.1) is 0 Å². The summed E-state index contributed by atoms with van der Waals surface area (Å²) in [5, 5.41) is 10.1. The number of aromatic hydroxyl groups is 1. The molecule has 0 amide bonds. The predicted octanol–water partition coefficient (Wildman–Crippen LogP) is 5.72. The van der Waals surface area contributed by atoms with Gasteiger partial charge in [0.15, 0.2) is 0 Å². The fourth-order valence-corrected chi connectivity index (χ4v) is 5.56. The highest BCUT2D eigenvalue weighted by molar-refractivity contribution is 5.60. The third-order valence-corrected chi connectivity index (χ3v) is 7.42. The summed E-state index contributed by atoms with van der Waals surface area (Å²) >= 11 is 0. The lowest BCUT2D eigenvalue weighted by Crippen LogP contribution is -2.49. The van der Waals surface area contributed by atoms with Gasteiger partial charge in [-0.3, -0.25) is 4.90 Å². The number of ether oxygens (including phenoxy) is 1. The van der Waals surface area contributed by atoms with Crippen LogP contribution in [0.3, 0.4) is 0 Å². The van der Waals surface area contributed by atoms with Crippen LogP contribution in [-0.2, 0) is 12.0 Å². The summed E-state index contributed by atoms with van der Waals surface area (Å²) in [6, 6.07) is 20.7. The van der Waals surface area contributed by atoms with Crippen LogP contribution in [0.2, 0.25) is 0 Å². The van der Waals surface area contributed by atoms with Crippen LogP contribution in [0.5, 0.6) is 11.5 Å². The molecule has 1 atom stereocenters. The lowest BCUT2D eigenvalue weighted by atomic mass is 9.76. The zero-order valence-electron chi connectivity index (χ0n) is 19.8. The highest BCUT2D eigenvalue weighted by Crippen LogP contribution is 2.44. The van der Waals surface area contributed by atoms with Crippen molar-refractivity contribution in [2.24, 2.45) is 0 Å². The molecule has 2 heterocycles. The Labute approximate surface area is 201 Å². The number of anilines is 1. The van der Waals surface area contributed by atoms with E-state index in [1.807, 2.05) is 30.3 Å². The molecule has 5 heteroatoms. The number of nitrogens with zero attached hydrogens (tertiary/aromatic N) is 2. The van der Waals surface area contributed by atoms with Crippen LogP contribution in [0.1, 0.15) is 42.9 Å². The molecule has 2 aliphatic heterocycles. The molecule has 3 aromatic rings. The minimum atomic E-state index is -0.512. The average Bonchev–Trinajstić information content (AvgIpc) is 2.85. The van der Waals surface area contributed by atoms with Gasteiger partial charge in [0.25, 0.3) is 0 Å². The maximum Gasteiger partial charge on any atom is 0.125 e. The fraction of sp³-hybridized carbons (Fsp3) is 0.379. The number of hydrogen-bond acceptors (Lipinski definition) is 4. The van der Waals surface area contributed by atoms with Crippen molar-refractivity contribution in [3.63, 3.8) is 0 Å². The summed E-state index contributed by atoms with van der Waals surface area (Å²) in [7, 11) is 0. The summed E-state index contributed by atoms with van der Waals surface area (Å²) in [6.07, 6.45) is 4.70. The Kier molecular flexibility index (Phi) is 6.46. The number of likely N-dealkylation sites (tertiary alicyclic amines) is 1. The van der Waals surface area contributed by atoms with Crippen LogP contribution in [0.4, 0.5) is 10.1 Å². The van der Waals surface area contributed by atoms with Crippen LogP contribution in [-0.4, -0.2) is 42.8 Å². The highest BCUT2D eigenvalue weighted by atomic mass is 19.1. The first-order chi connectivity index (χ1) is 16.5. The van der Waals surface area contributed by atoms with Crippen molar-refractivity contribution in [1.82, 2.24) is 4.90 Å². The van der Waals surface area contributed by atoms with Crippen molar-refractivity contribution >= 4 is 5.69 Å². The Bertz CT molecular complexity index is 1130. The van der Waals surface area contributed by atoms with Gasteiger partial charge >= 0.3 is 0 Å². The summed E-state index contributed by atoms with van der Waals surface area (Å²) < 4.78 is 20.2. The smallest absolute Gasteiger partial charge is 0.125 e. The van der Waals surface area contributed by atoms with Gasteiger partial charge in [0.05, 0.1) is 5.54 Å². The minimum absolute atomic E-state index is 0.242. The molecule has 1 unspecified atom stereocenters. The van der Waals surface area contributed by atoms with E-state index >= 15 is 0 Å². The summed E-state index contributed by atoms with van der Waals surface area (Å²) in [6.45, 7) is 6.90. The number of fused-ring (bicyclic) bond motifs is 1. The first-order valence-electron chi connectivity index (χ1n) is 12.4. The highest BCUT2D eigenvalue weighted by Gasteiger charge is 2.40. The zero-order chi connectivity index (χ0) is 23.5. The van der Waals surface area contributed by atoms with Crippen molar-refractivity contribution in [3.05, 3.63) is 89.2 Å². The number of benzene rings is 3. The number of piperidine rings is 1. The van der Waals surface area contributed by atoms with Crippen LogP contribution >= 0.6 is 0 Å². The molecule has 0 aromatic heterocycles. The van der Waals surface area contributed by atoms with E-state index < -0.39 is 5.54 Å². The van der Waals surface area contributed by atoms with Crippen LogP contribution in [0, 0.1) is 5.82 Å². The molecule has 2 aliphatic rings. The van der Waals surface area contributed by atoms with E-state index in [4.69, 9.17) is 4.74 Å². The molecule has 5 rings (SSSR count). The average molecular weight is 461 g/mol. The third kappa shape index (κ3) is 4.49. The second-order valence-electron chi connectivity index (χ2n) is 9.57. The SMILES string of the molecule is CC1(c2ccc(OCCN3CCCCC3)cc2)c2ccc(O)cc2CCN1c1cccc(F)c1. The predicted molar refractivity (Wildman–Crippen MR) is 134 cm³/mol. The Balaban J connectivity index is 1.42. The molecule has 1 fully saturated rings. The molecule has 0 spiro atoms. The largest absolute Gasteiger partial charge is 0.508 e. The summed E-state index contributed by atoms with van der Waals surface area (Å²) in [5.74, 6) is 0.898. The van der Waals surface area contributed by atoms with Crippen molar-refractivity contribution in [2.75, 3.05) is 37.7 Å². The number of hydrogen-bond donors (Lipinski definition) is 1. The van der Waals surface area contributed by atoms with Crippen LogP contribution in [0.15, 0.2) is 66.7 Å². The molecule has 34 heavy (non-hydrogen) atoms. The Morgan fingerprint density at radius 3 is 2.50 bits per heavy atom. The quantitative estimate of drug-likeness (QED) is 0.510. The van der Waals surface area contributed by atoms with Gasteiger partial charge in [0.2, 0.25) is 0 Å². The number of halogens is 1. The van der Waals surface area contributed by atoms with E-state index in [0.29, 0.717) is 6.61 Å². The topological polar surface area (TPSA) is 35.9 Å². The zero-order valence-corrected chi connectivity index (χ0v) is 19.8. The molecule has 0 saturated carbocycles. The van der Waals surface area contributed by atoms with Gasteiger partial charge in [0, 0.05) is 18.8 Å². The molecule has 0 aliphatic carbocycles. The first kappa shape index (κ1) is 22.7. The van der Waals surface area contributed by atoms with E-state index in [-0.39, 0.29) is 11.6 Å². The summed E-state index contributed by atoms with van der Waals surface area (Å²) in [4.78, 5) is 4.74. The number of rotatable bonds is 6. The van der Waals surface area contributed by atoms with Gasteiger partial charge in [-0.05, 0) is 98.4 Å². The van der Waals surface area contributed by atoms with Crippen LogP contribution < -0.4 is 9.64 Å². The van der Waals surface area contributed by atoms with Gasteiger partial charge in [-0.25, -0.2) is 4.39 Å². The lowest BCUT2D eigenvalue weighted by molar-refractivity contribution is 0.183. The number of phenolic OH excluding ortho intramolecular Hbond substituents is 1. The molecule has 0 radical (unpaired) electrons. The van der Waals surface area contributed by atoms with Crippen LogP contribution in [0.25, 0.3) is 0 Å². The third-order valence-electron chi connectivity index (χ3n) is 7.42. The maximum atomic E-state index is 14.2. The second kappa shape index (κ2) is 9.67. The minimum Gasteiger partial charge on any atom is -0.508 e. The summed E-state index contributed by atoms with van der Waals surface area (Å²) in [5.41, 5.74) is 3.69. The molecular weight excluding hydrogens is 427 g/mol. The Morgan fingerprint density at radius 2 is 1.74 bits per heavy atom. The van der Waals surface area contributed by atoms with E-state index in [2.05, 4.69) is 28.9 Å². The van der Waals surface area contributed by atoms with Gasteiger partial charge in [0.1, 0.15) is 23.9 Å². The lowest BCUT2D eigenvalue weighted by Gasteiger charge is -2.48. The van der Waals surface area contributed by atoms with Crippen molar-refractivity contribution in [1.29, 1.82) is 0 Å². The second-order valence-corrected chi connectivity index (χ2v) is 9.57. The van der Waals surface area contributed by atoms with E-state index in [1.165, 1.54) is 38.4 Å². The Morgan fingerprint density at radius 1 is 0.941 bits per heavy atom. The van der Waals surface area contributed by atoms with Gasteiger partial charge < -0.3 is 14.7 Å². The molecule has 4 nitrogen and oxygen atoms in total. The van der Waals surface area contributed by atoms with E-state index in [1.54, 1.807) is 18.2 Å². The molecular formula is C29H33FN2O2. The molecule has 1 N–H and O–H groups in total. The molecule has 178 valence electrons. The van der Waals surface area contributed by atoms with Gasteiger partial charge in [-0.2, -0.15) is 0 Å². The first-order valence-corrected chi connectivity index (χ1v) is 12.4. The molecule has 3 aromatic carbocycles. The maximum absolute atomic E-state index is 14.2. The van der Waals surface area contributed by atoms with E-state index in [9.17, 15) is 9.50 Å². The number of phenols is 1. The van der Waals surface area contributed by atoms with E-state index in [0.717, 1.165) is 47.6 Å². The Hall–Kier alpha value is -3.05. The van der Waals surface area contributed by atoms with Crippen molar-refractivity contribution in [2.45, 2.75) is 38.1 Å². The fourth-order valence-electron chi connectivity index (χ4n) is 5.56. The monoisotopic (exact) mass is 460 g/mol. The van der Waals surface area contributed by atoms with Gasteiger partial charge in [-0.1, -0.05) is 30.7 Å². The normalized spacial score (nSPS) is 20.7. The van der Waals surface area contributed by atoms with Crippen molar-refractivity contribution in [3.8, 4) is 11.5 Å². The standard InChI is InChI=1S/C29H33FN2O2/c1-29(23-8-11-27(12-9-23)34-19-18-31-15-3-2-4-16-31)28-13-10-26(33)20-22(28)14-17-32(29)25-7-5-6-24(30)21-25/h5-13,20-21,33H,2-4,14-19H2,1H3. The molecule has 1 saturated heterocycles.